The zero-order valence-corrected chi connectivity index (χ0v) is 12.5. The number of amides is 2. The van der Waals surface area contributed by atoms with Gasteiger partial charge < -0.3 is 10.6 Å². The van der Waals surface area contributed by atoms with E-state index in [1.54, 1.807) is 42.7 Å². The highest BCUT2D eigenvalue weighted by Crippen LogP contribution is 2.20. The summed E-state index contributed by atoms with van der Waals surface area (Å²) >= 11 is 0. The van der Waals surface area contributed by atoms with E-state index in [4.69, 9.17) is 5.21 Å². The number of benzene rings is 1. The Morgan fingerprint density at radius 3 is 2.78 bits per heavy atom. The average molecular weight is 315 g/mol. The topological polar surface area (TPSA) is 116 Å². The van der Waals surface area contributed by atoms with Crippen LogP contribution in [0, 0.1) is 0 Å². The molecule has 0 aliphatic heterocycles. The van der Waals surface area contributed by atoms with Gasteiger partial charge in [0.2, 0.25) is 5.82 Å². The monoisotopic (exact) mass is 315 g/mol. The summed E-state index contributed by atoms with van der Waals surface area (Å²) in [6.45, 7) is 5.37. The number of hydroxylamine groups is 1. The third-order valence-electron chi connectivity index (χ3n) is 3.07. The summed E-state index contributed by atoms with van der Waals surface area (Å²) in [5.74, 6) is -0.761. The van der Waals surface area contributed by atoms with Crippen LogP contribution in [0.15, 0.2) is 36.9 Å². The van der Waals surface area contributed by atoms with E-state index in [0.29, 0.717) is 23.3 Å². The first-order chi connectivity index (χ1) is 11.1. The molecule has 4 N–H and O–H groups in total. The molecule has 0 saturated carbocycles. The Morgan fingerprint density at radius 2 is 2.09 bits per heavy atom. The lowest BCUT2D eigenvalue weighted by Gasteiger charge is -2.15. The second kappa shape index (κ2) is 7.32. The van der Waals surface area contributed by atoms with Crippen molar-refractivity contribution >= 4 is 28.5 Å². The number of hydrogen-bond donors (Lipinski definition) is 4. The molecule has 0 fully saturated rings. The largest absolute Gasteiger partial charge is 0.358 e. The van der Waals surface area contributed by atoms with Crippen LogP contribution < -0.4 is 16.1 Å². The second-order valence-corrected chi connectivity index (χ2v) is 4.75. The lowest BCUT2D eigenvalue weighted by Crippen LogP contribution is -2.36. The first-order valence-electron chi connectivity index (χ1n) is 6.93. The molecule has 0 saturated heterocycles. The van der Waals surface area contributed by atoms with Crippen LogP contribution in [0.2, 0.25) is 0 Å². The number of nitrogens with zero attached hydrogens (tertiary/aromatic N) is 2. The van der Waals surface area contributed by atoms with Gasteiger partial charge in [-0.05, 0) is 19.1 Å². The van der Waals surface area contributed by atoms with Crippen molar-refractivity contribution in [2.75, 3.05) is 11.9 Å². The summed E-state index contributed by atoms with van der Waals surface area (Å²) in [6, 6.07) is 6.34. The van der Waals surface area contributed by atoms with E-state index in [1.165, 1.54) is 0 Å². The Hall–Kier alpha value is -3.00. The minimum Gasteiger partial charge on any atom is -0.358 e. The molecule has 8 nitrogen and oxygen atoms in total. The summed E-state index contributed by atoms with van der Waals surface area (Å²) in [7, 11) is 0. The summed E-state index contributed by atoms with van der Waals surface area (Å²) in [5.41, 5.74) is 2.12. The Labute approximate surface area is 132 Å². The third kappa shape index (κ3) is 3.80. The van der Waals surface area contributed by atoms with Gasteiger partial charge in [0, 0.05) is 11.9 Å². The van der Waals surface area contributed by atoms with E-state index >= 15 is 0 Å². The van der Waals surface area contributed by atoms with Gasteiger partial charge in [0.15, 0.2) is 0 Å². The maximum absolute atomic E-state index is 12.0. The molecule has 0 aliphatic carbocycles. The molecule has 0 aliphatic rings. The lowest BCUT2D eigenvalue weighted by molar-refractivity contribution is -0.129. The van der Waals surface area contributed by atoms with E-state index in [-0.39, 0.29) is 5.82 Å². The van der Waals surface area contributed by atoms with Crippen LogP contribution in [0.4, 0.5) is 5.82 Å². The number of hydrogen-bond acceptors (Lipinski definition) is 6. The average Bonchev–Trinajstić information content (AvgIpc) is 2.58. The van der Waals surface area contributed by atoms with Crippen LogP contribution in [0.1, 0.15) is 17.5 Å². The Morgan fingerprint density at radius 1 is 1.35 bits per heavy atom. The van der Waals surface area contributed by atoms with Gasteiger partial charge in [-0.15, -0.1) is 6.58 Å². The maximum Gasteiger partial charge on any atom is 0.289 e. The van der Waals surface area contributed by atoms with Gasteiger partial charge in [0.25, 0.3) is 11.8 Å². The molecule has 120 valence electrons. The van der Waals surface area contributed by atoms with Crippen LogP contribution in [0.25, 0.3) is 10.9 Å². The molecule has 1 aromatic carbocycles. The van der Waals surface area contributed by atoms with Crippen LogP contribution in [0.3, 0.4) is 0 Å². The molecular formula is C15H17N5O3. The van der Waals surface area contributed by atoms with Gasteiger partial charge in [0.05, 0.1) is 5.52 Å². The molecule has 1 atom stereocenters. The van der Waals surface area contributed by atoms with E-state index in [2.05, 4.69) is 27.2 Å². The predicted molar refractivity (Wildman–Crippen MR) is 85.1 cm³/mol. The maximum atomic E-state index is 12.0. The predicted octanol–water partition coefficient (Wildman–Crippen LogP) is 0.851. The fourth-order valence-electron chi connectivity index (χ4n) is 1.90. The lowest BCUT2D eigenvalue weighted by atomic mass is 10.2. The molecule has 2 rings (SSSR count). The number of nitrogens with one attached hydrogen (secondary N) is 3. The highest BCUT2D eigenvalue weighted by Gasteiger charge is 2.17. The highest BCUT2D eigenvalue weighted by molar-refractivity contribution is 5.97. The quantitative estimate of drug-likeness (QED) is 0.357. The normalized spacial score (nSPS) is 11.6. The molecule has 0 bridgehead atoms. The van der Waals surface area contributed by atoms with Crippen molar-refractivity contribution in [1.29, 1.82) is 0 Å². The number of anilines is 1. The summed E-state index contributed by atoms with van der Waals surface area (Å²) in [6.07, 6.45) is 1.55. The van der Waals surface area contributed by atoms with Gasteiger partial charge >= 0.3 is 0 Å². The molecule has 2 amide bonds. The Balaban J connectivity index is 2.42. The highest BCUT2D eigenvalue weighted by atomic mass is 16.5. The molecule has 2 aromatic rings. The summed E-state index contributed by atoms with van der Waals surface area (Å²) < 4.78 is 0. The smallest absolute Gasteiger partial charge is 0.289 e. The number of carbonyl (C=O) groups is 2. The second-order valence-electron chi connectivity index (χ2n) is 4.75. The Bertz CT molecular complexity index is 747. The van der Waals surface area contributed by atoms with Crippen molar-refractivity contribution in [3.05, 3.63) is 42.7 Å². The van der Waals surface area contributed by atoms with E-state index in [1.807, 2.05) is 0 Å². The minimum atomic E-state index is -0.748. The van der Waals surface area contributed by atoms with Crippen molar-refractivity contribution in [3.8, 4) is 0 Å². The van der Waals surface area contributed by atoms with Crippen LogP contribution >= 0.6 is 0 Å². The standard InChI is InChI=1S/C15H17N5O3/c1-3-8-16-15(22)13-18-11-7-5-4-6-10(11)12(19-13)17-9(2)14(21)20-23/h3-7,9,23H,1,8H2,2H3,(H,16,22)(H,20,21)(H,17,18,19)/t9-/m0/s1. The SMILES string of the molecule is C=CCNC(=O)c1nc(N[C@@H](C)C(=O)NO)c2ccccc2n1. The molecule has 1 aromatic heterocycles. The van der Waals surface area contributed by atoms with Crippen molar-refractivity contribution in [2.45, 2.75) is 13.0 Å². The van der Waals surface area contributed by atoms with Gasteiger partial charge in [0.1, 0.15) is 11.9 Å². The summed E-state index contributed by atoms with van der Waals surface area (Å²) in [4.78, 5) is 31.9. The van der Waals surface area contributed by atoms with Crippen molar-refractivity contribution in [3.63, 3.8) is 0 Å². The Kier molecular flexibility index (Phi) is 5.21. The number of rotatable bonds is 6. The molecule has 0 spiro atoms. The van der Waals surface area contributed by atoms with Crippen LogP contribution in [-0.4, -0.2) is 39.6 Å². The fraction of sp³-hybridized carbons (Fsp3) is 0.200. The first kappa shape index (κ1) is 16.4. The minimum absolute atomic E-state index is 0.0235. The number of aromatic nitrogens is 2. The van der Waals surface area contributed by atoms with Gasteiger partial charge in [-0.1, -0.05) is 18.2 Å². The van der Waals surface area contributed by atoms with Crippen molar-refractivity contribution in [2.24, 2.45) is 0 Å². The van der Waals surface area contributed by atoms with E-state index in [9.17, 15) is 9.59 Å². The van der Waals surface area contributed by atoms with Gasteiger partial charge in [-0.25, -0.2) is 15.4 Å². The zero-order valence-electron chi connectivity index (χ0n) is 12.5. The van der Waals surface area contributed by atoms with Crippen molar-refractivity contribution < 1.29 is 14.8 Å². The first-order valence-corrected chi connectivity index (χ1v) is 6.93. The van der Waals surface area contributed by atoms with E-state index < -0.39 is 17.9 Å². The molecule has 1 heterocycles. The molecule has 0 unspecified atom stereocenters. The molecular weight excluding hydrogens is 298 g/mol. The molecule has 0 radical (unpaired) electrons. The third-order valence-corrected chi connectivity index (χ3v) is 3.07. The number of carbonyl (C=O) groups excluding carboxylic acids is 2. The van der Waals surface area contributed by atoms with Crippen LogP contribution in [0.5, 0.6) is 0 Å². The molecule has 8 heteroatoms. The summed E-state index contributed by atoms with van der Waals surface area (Å²) in [5, 5.41) is 14.8. The fourth-order valence-corrected chi connectivity index (χ4v) is 1.90. The van der Waals surface area contributed by atoms with Crippen LogP contribution in [-0.2, 0) is 4.79 Å². The van der Waals surface area contributed by atoms with Gasteiger partial charge in [-0.2, -0.15) is 0 Å². The number of para-hydroxylation sites is 1. The van der Waals surface area contributed by atoms with Gasteiger partial charge in [-0.3, -0.25) is 14.8 Å². The number of fused-ring (bicyclic) bond motifs is 1. The van der Waals surface area contributed by atoms with E-state index in [0.717, 1.165) is 0 Å². The molecule has 23 heavy (non-hydrogen) atoms. The zero-order chi connectivity index (χ0) is 16.8. The van der Waals surface area contributed by atoms with Crippen molar-refractivity contribution in [1.82, 2.24) is 20.8 Å².